The zero-order valence-corrected chi connectivity index (χ0v) is 12.9. The average Bonchev–Trinajstić information content (AvgIpc) is 3.35. The molecule has 1 aliphatic heterocycles. The van der Waals surface area contributed by atoms with Gasteiger partial charge in [-0.05, 0) is 36.5 Å². The van der Waals surface area contributed by atoms with Gasteiger partial charge in [-0.2, -0.15) is 0 Å². The van der Waals surface area contributed by atoms with E-state index in [1.165, 1.54) is 0 Å². The number of nitrogens with two attached hydrogens (primary N) is 1. The molecule has 1 saturated carbocycles. The molecule has 22 heavy (non-hydrogen) atoms. The number of hydrogen-bond acceptors (Lipinski definition) is 3. The molecule has 0 radical (unpaired) electrons. The molecule has 3 N–H and O–H groups in total. The molecule has 3 rings (SSSR count). The van der Waals surface area contributed by atoms with Gasteiger partial charge in [0, 0.05) is 37.2 Å². The number of benzene rings is 1. The Morgan fingerprint density at radius 3 is 2.68 bits per heavy atom. The van der Waals surface area contributed by atoms with Crippen LogP contribution < -0.4 is 11.1 Å². The molecule has 1 saturated heterocycles. The highest BCUT2D eigenvalue weighted by Crippen LogP contribution is 2.48. The summed E-state index contributed by atoms with van der Waals surface area (Å²) in [6.07, 6.45) is 1.90. The Bertz CT molecular complexity index is 570. The molecule has 1 aliphatic carbocycles. The van der Waals surface area contributed by atoms with Crippen molar-refractivity contribution in [3.8, 4) is 0 Å². The largest absolute Gasteiger partial charge is 0.366 e. The molecule has 3 atom stereocenters. The molecule has 0 bridgehead atoms. The van der Waals surface area contributed by atoms with Gasteiger partial charge in [0.1, 0.15) is 0 Å². The predicted octanol–water partition coefficient (Wildman–Crippen LogP) is 1.10. The molecule has 5 nitrogen and oxygen atoms in total. The van der Waals surface area contributed by atoms with E-state index < -0.39 is 5.91 Å². The number of carbonyl (C=O) groups excluding carboxylic acids is 2. The Morgan fingerprint density at radius 1 is 1.32 bits per heavy atom. The van der Waals surface area contributed by atoms with Gasteiger partial charge in [-0.15, -0.1) is 0 Å². The maximum absolute atomic E-state index is 12.7. The second kappa shape index (κ2) is 6.08. The lowest BCUT2D eigenvalue weighted by Crippen LogP contribution is -2.53. The summed E-state index contributed by atoms with van der Waals surface area (Å²) < 4.78 is 0. The van der Waals surface area contributed by atoms with Crippen LogP contribution in [0.4, 0.5) is 0 Å². The molecule has 2 unspecified atom stereocenters. The Hall–Kier alpha value is -1.88. The average molecular weight is 301 g/mol. The van der Waals surface area contributed by atoms with Crippen molar-refractivity contribution in [2.45, 2.75) is 31.7 Å². The fourth-order valence-corrected chi connectivity index (χ4v) is 3.36. The van der Waals surface area contributed by atoms with E-state index in [1.54, 1.807) is 12.1 Å². The van der Waals surface area contributed by atoms with Gasteiger partial charge in [0.25, 0.3) is 0 Å². The highest BCUT2D eigenvalue weighted by molar-refractivity contribution is 5.92. The van der Waals surface area contributed by atoms with Crippen molar-refractivity contribution in [1.29, 1.82) is 0 Å². The van der Waals surface area contributed by atoms with Gasteiger partial charge in [-0.3, -0.25) is 9.59 Å². The van der Waals surface area contributed by atoms with Gasteiger partial charge in [-0.1, -0.05) is 19.1 Å². The Labute approximate surface area is 130 Å². The van der Waals surface area contributed by atoms with E-state index in [0.29, 0.717) is 17.5 Å². The number of hydrogen-bond donors (Lipinski definition) is 2. The van der Waals surface area contributed by atoms with E-state index in [9.17, 15) is 9.59 Å². The summed E-state index contributed by atoms with van der Waals surface area (Å²) in [6, 6.07) is 7.66. The molecule has 0 spiro atoms. The minimum Gasteiger partial charge on any atom is -0.366 e. The van der Waals surface area contributed by atoms with Gasteiger partial charge in [0.05, 0.1) is 0 Å². The quantitative estimate of drug-likeness (QED) is 0.874. The van der Waals surface area contributed by atoms with E-state index in [0.717, 1.165) is 38.0 Å². The molecule has 1 heterocycles. The normalized spacial score (nSPS) is 27.5. The summed E-state index contributed by atoms with van der Waals surface area (Å²) in [5.41, 5.74) is 6.90. The summed E-state index contributed by atoms with van der Waals surface area (Å²) in [7, 11) is 0. The summed E-state index contributed by atoms with van der Waals surface area (Å²) in [5.74, 6) is 0.271. The fraction of sp³-hybridized carbons (Fsp3) is 0.529. The molecule has 2 amide bonds. The van der Waals surface area contributed by atoms with E-state index >= 15 is 0 Å². The van der Waals surface area contributed by atoms with Crippen LogP contribution in [0.2, 0.25) is 0 Å². The van der Waals surface area contributed by atoms with Crippen LogP contribution in [-0.2, 0) is 4.79 Å². The zero-order valence-electron chi connectivity index (χ0n) is 12.9. The number of carbonyl (C=O) groups is 2. The SMILES string of the molecule is CC[C@H]1CNCCN1C(=O)C1CC1c1ccc(C(N)=O)cc1. The molecule has 0 aromatic heterocycles. The summed E-state index contributed by atoms with van der Waals surface area (Å²) in [4.78, 5) is 25.9. The van der Waals surface area contributed by atoms with Crippen LogP contribution in [0, 0.1) is 5.92 Å². The first-order valence-corrected chi connectivity index (χ1v) is 8.02. The maximum Gasteiger partial charge on any atom is 0.248 e. The molecule has 1 aromatic carbocycles. The van der Waals surface area contributed by atoms with Gasteiger partial charge < -0.3 is 16.0 Å². The van der Waals surface area contributed by atoms with Crippen molar-refractivity contribution in [3.05, 3.63) is 35.4 Å². The first-order chi connectivity index (χ1) is 10.6. The number of nitrogens with zero attached hydrogens (tertiary/aromatic N) is 1. The molecule has 5 heteroatoms. The number of rotatable bonds is 4. The molecule has 2 fully saturated rings. The Balaban J connectivity index is 1.65. The summed E-state index contributed by atoms with van der Waals surface area (Å²) >= 11 is 0. The van der Waals surface area contributed by atoms with Crippen molar-refractivity contribution < 1.29 is 9.59 Å². The third kappa shape index (κ3) is 2.86. The molecule has 118 valence electrons. The number of amides is 2. The molecule has 2 aliphatic rings. The highest BCUT2D eigenvalue weighted by Gasteiger charge is 2.46. The molecule has 1 aromatic rings. The van der Waals surface area contributed by atoms with Crippen molar-refractivity contribution in [3.63, 3.8) is 0 Å². The topological polar surface area (TPSA) is 75.4 Å². The van der Waals surface area contributed by atoms with E-state index in [1.807, 2.05) is 12.1 Å². The van der Waals surface area contributed by atoms with Crippen molar-refractivity contribution in [2.24, 2.45) is 11.7 Å². The second-order valence-electron chi connectivity index (χ2n) is 6.23. The zero-order chi connectivity index (χ0) is 15.7. The number of nitrogens with one attached hydrogen (secondary N) is 1. The van der Waals surface area contributed by atoms with Gasteiger partial charge in [-0.25, -0.2) is 0 Å². The van der Waals surface area contributed by atoms with Crippen molar-refractivity contribution >= 4 is 11.8 Å². The summed E-state index contributed by atoms with van der Waals surface area (Å²) in [5, 5.41) is 3.35. The lowest BCUT2D eigenvalue weighted by Gasteiger charge is -2.36. The van der Waals surface area contributed by atoms with E-state index in [4.69, 9.17) is 5.73 Å². The summed E-state index contributed by atoms with van der Waals surface area (Å²) in [6.45, 7) is 4.71. The lowest BCUT2D eigenvalue weighted by molar-refractivity contribution is -0.135. The smallest absolute Gasteiger partial charge is 0.248 e. The van der Waals surface area contributed by atoms with Crippen LogP contribution in [0.3, 0.4) is 0 Å². The van der Waals surface area contributed by atoms with E-state index in [-0.39, 0.29) is 11.8 Å². The first-order valence-electron chi connectivity index (χ1n) is 8.02. The van der Waals surface area contributed by atoms with Crippen LogP contribution in [-0.4, -0.2) is 42.4 Å². The van der Waals surface area contributed by atoms with Gasteiger partial charge in [0.2, 0.25) is 11.8 Å². The van der Waals surface area contributed by atoms with Crippen LogP contribution in [0.5, 0.6) is 0 Å². The predicted molar refractivity (Wildman–Crippen MR) is 84.5 cm³/mol. The first kappa shape index (κ1) is 15.0. The van der Waals surface area contributed by atoms with Crippen LogP contribution in [0.1, 0.15) is 41.6 Å². The van der Waals surface area contributed by atoms with E-state index in [2.05, 4.69) is 17.1 Å². The van der Waals surface area contributed by atoms with Gasteiger partial charge >= 0.3 is 0 Å². The highest BCUT2D eigenvalue weighted by atomic mass is 16.2. The molecular weight excluding hydrogens is 278 g/mol. The van der Waals surface area contributed by atoms with Crippen LogP contribution in [0.15, 0.2) is 24.3 Å². The number of piperazine rings is 1. The second-order valence-corrected chi connectivity index (χ2v) is 6.23. The van der Waals surface area contributed by atoms with Crippen LogP contribution >= 0.6 is 0 Å². The number of primary amides is 1. The minimum atomic E-state index is -0.415. The lowest BCUT2D eigenvalue weighted by atomic mass is 10.0. The third-order valence-electron chi connectivity index (χ3n) is 4.84. The van der Waals surface area contributed by atoms with Crippen molar-refractivity contribution in [1.82, 2.24) is 10.2 Å². The Kier molecular flexibility index (Phi) is 4.16. The maximum atomic E-state index is 12.7. The van der Waals surface area contributed by atoms with Crippen LogP contribution in [0.25, 0.3) is 0 Å². The monoisotopic (exact) mass is 301 g/mol. The third-order valence-corrected chi connectivity index (χ3v) is 4.84. The van der Waals surface area contributed by atoms with Crippen molar-refractivity contribution in [2.75, 3.05) is 19.6 Å². The van der Waals surface area contributed by atoms with Gasteiger partial charge in [0.15, 0.2) is 0 Å². The fourth-order valence-electron chi connectivity index (χ4n) is 3.36. The Morgan fingerprint density at radius 2 is 2.05 bits per heavy atom. The molecular formula is C17H23N3O2. The standard InChI is InChI=1S/C17H23N3O2/c1-2-13-10-19-7-8-20(13)17(22)15-9-14(15)11-3-5-12(6-4-11)16(18)21/h3-6,13-15,19H,2,7-10H2,1H3,(H2,18,21)/t13-,14?,15?/m0/s1. The minimum absolute atomic E-state index is 0.103.